The summed E-state index contributed by atoms with van der Waals surface area (Å²) in [5, 5.41) is 56.1. The highest BCUT2D eigenvalue weighted by molar-refractivity contribution is 6.31. The minimum absolute atomic E-state index is 0.0166. The number of morpholine rings is 1. The molecular formula is C38H39NO14. The normalized spacial score (nSPS) is 28.4. The van der Waals surface area contributed by atoms with E-state index in [0.29, 0.717) is 12.1 Å². The summed E-state index contributed by atoms with van der Waals surface area (Å²) in [6, 6.07) is 12.1. The lowest BCUT2D eigenvalue weighted by atomic mass is 9.72. The minimum atomic E-state index is -2.31. The van der Waals surface area contributed by atoms with Crippen LogP contribution in [0.25, 0.3) is 0 Å². The summed E-state index contributed by atoms with van der Waals surface area (Å²) in [4.78, 5) is 55.3. The maximum Gasteiger partial charge on any atom is 0.340 e. The molecule has 2 aliphatic carbocycles. The van der Waals surface area contributed by atoms with Crippen LogP contribution in [0.4, 0.5) is 0 Å². The molecule has 7 atom stereocenters. The number of phenols is 2. The quantitative estimate of drug-likeness (QED) is 0.128. The molecular weight excluding hydrogens is 694 g/mol. The van der Waals surface area contributed by atoms with E-state index in [0.717, 1.165) is 0 Å². The molecule has 15 nitrogen and oxygen atoms in total. The number of ether oxygens (including phenoxy) is 5. The number of rotatable bonds is 8. The van der Waals surface area contributed by atoms with Crippen molar-refractivity contribution >= 4 is 23.3 Å². The molecule has 0 saturated carbocycles. The van der Waals surface area contributed by atoms with E-state index < -0.39 is 108 Å². The number of benzene rings is 3. The summed E-state index contributed by atoms with van der Waals surface area (Å²) in [6.07, 6.45) is -6.48. The van der Waals surface area contributed by atoms with Gasteiger partial charge in [0, 0.05) is 48.5 Å². The zero-order valence-corrected chi connectivity index (χ0v) is 28.9. The van der Waals surface area contributed by atoms with Gasteiger partial charge in [0.05, 0.1) is 60.8 Å². The van der Waals surface area contributed by atoms with Crippen molar-refractivity contribution < 1.29 is 68.4 Å². The Morgan fingerprint density at radius 2 is 1.72 bits per heavy atom. The number of nitrogens with zero attached hydrogens (tertiary/aromatic N) is 1. The second kappa shape index (κ2) is 14.2. The predicted molar refractivity (Wildman–Crippen MR) is 181 cm³/mol. The van der Waals surface area contributed by atoms with E-state index in [2.05, 4.69) is 0 Å². The number of fused-ring (bicyclic) bond motifs is 3. The van der Waals surface area contributed by atoms with Crippen LogP contribution in [-0.2, 0) is 30.2 Å². The Kier molecular flexibility index (Phi) is 9.84. The Morgan fingerprint density at radius 3 is 2.43 bits per heavy atom. The zero-order valence-electron chi connectivity index (χ0n) is 28.9. The molecule has 2 saturated heterocycles. The molecule has 0 aromatic heterocycles. The third-order valence-electron chi connectivity index (χ3n) is 10.5. The second-order valence-corrected chi connectivity index (χ2v) is 13.6. The second-order valence-electron chi connectivity index (χ2n) is 13.6. The van der Waals surface area contributed by atoms with E-state index in [-0.39, 0.29) is 47.6 Å². The molecule has 0 amide bonds. The Bertz CT molecular complexity index is 1970. The molecule has 2 aliphatic heterocycles. The first-order valence-corrected chi connectivity index (χ1v) is 17.2. The maximum absolute atomic E-state index is 14.0. The first kappa shape index (κ1) is 36.6. The highest BCUT2D eigenvalue weighted by atomic mass is 16.7. The Balaban J connectivity index is 1.21. The van der Waals surface area contributed by atoms with Crippen LogP contribution in [0.3, 0.4) is 0 Å². The number of Topliss-reactive ketones (excluding diaryl/α,β-unsaturated/α-hetero) is 1. The fourth-order valence-corrected chi connectivity index (χ4v) is 7.83. The third-order valence-corrected chi connectivity index (χ3v) is 10.5. The highest BCUT2D eigenvalue weighted by Crippen LogP contribution is 2.52. The van der Waals surface area contributed by atoms with Crippen molar-refractivity contribution in [1.82, 2.24) is 4.90 Å². The molecule has 0 bridgehead atoms. The number of carbonyl (C=O) groups excluding carboxylic acids is 4. The van der Waals surface area contributed by atoms with Crippen LogP contribution >= 0.6 is 0 Å². The summed E-state index contributed by atoms with van der Waals surface area (Å²) < 4.78 is 29.0. The SMILES string of the molecule is COc1cccc2c1C(=O)c1c(O)c3c(c(O)c1C2=O)C[C@@](O)(C(=O)CO)C[C@@H]3O[C@H]1C[C@H](N2CCOC(OC(=O)c3ccccc3)C2)[C@H](O)[C@H](C)O1. The topological polar surface area (TPSA) is 219 Å². The first-order valence-electron chi connectivity index (χ1n) is 17.2. The molecule has 2 heterocycles. The van der Waals surface area contributed by atoms with Crippen molar-refractivity contribution in [2.24, 2.45) is 0 Å². The van der Waals surface area contributed by atoms with Gasteiger partial charge < -0.3 is 49.2 Å². The summed E-state index contributed by atoms with van der Waals surface area (Å²) in [6.45, 7) is 1.22. The largest absolute Gasteiger partial charge is 0.507 e. The number of methoxy groups -OCH3 is 1. The standard InChI is InChI=1S/C38H39NO14/c1-18-32(42)22(39-11-12-50-27(16-39)53-37(47)19-7-4-3-5-8-19)13-26(51-18)52-24-15-38(48,25(41)17-40)14-21-29(24)36(46)31-30(34(21)44)33(43)20-9-6-10-23(49-2)28(20)35(31)45/h3-10,18,22,24,26-27,32,40,42,44,46,48H,11-17H2,1-2H3/t18-,22-,24-,26-,27?,32+,38-/m0/s1. The van der Waals surface area contributed by atoms with E-state index in [1.807, 2.05) is 4.90 Å². The van der Waals surface area contributed by atoms with E-state index in [1.165, 1.54) is 25.3 Å². The molecule has 7 rings (SSSR count). The number of aliphatic hydroxyl groups excluding tert-OH is 2. The molecule has 4 aliphatic rings. The minimum Gasteiger partial charge on any atom is -0.507 e. The Labute approximate surface area is 303 Å². The number of phenolic OH excluding ortho intramolecular Hbond substituents is 2. The van der Waals surface area contributed by atoms with Gasteiger partial charge in [-0.15, -0.1) is 0 Å². The molecule has 15 heteroatoms. The predicted octanol–water partition coefficient (Wildman–Crippen LogP) is 1.56. The highest BCUT2D eigenvalue weighted by Gasteiger charge is 2.51. The molecule has 2 fully saturated rings. The van der Waals surface area contributed by atoms with Crippen LogP contribution in [0.1, 0.15) is 79.2 Å². The third kappa shape index (κ3) is 6.37. The number of hydrogen-bond acceptors (Lipinski definition) is 15. The van der Waals surface area contributed by atoms with Crippen molar-refractivity contribution in [3.63, 3.8) is 0 Å². The molecule has 53 heavy (non-hydrogen) atoms. The smallest absolute Gasteiger partial charge is 0.340 e. The summed E-state index contributed by atoms with van der Waals surface area (Å²) in [5.41, 5.74) is -3.51. The van der Waals surface area contributed by atoms with Gasteiger partial charge in [-0.25, -0.2) is 4.79 Å². The lowest BCUT2D eigenvalue weighted by molar-refractivity contribution is -0.265. The van der Waals surface area contributed by atoms with Crippen molar-refractivity contribution in [2.75, 3.05) is 33.4 Å². The van der Waals surface area contributed by atoms with Gasteiger partial charge in [-0.3, -0.25) is 19.3 Å². The Hall–Kier alpha value is -4.74. The van der Waals surface area contributed by atoms with Crippen molar-refractivity contribution in [3.8, 4) is 17.2 Å². The van der Waals surface area contributed by atoms with Crippen LogP contribution in [0.15, 0.2) is 48.5 Å². The van der Waals surface area contributed by atoms with E-state index in [1.54, 1.807) is 37.3 Å². The average Bonchev–Trinajstić information content (AvgIpc) is 3.16. The van der Waals surface area contributed by atoms with Gasteiger partial charge in [-0.2, -0.15) is 0 Å². The van der Waals surface area contributed by atoms with E-state index in [4.69, 9.17) is 23.7 Å². The molecule has 0 spiro atoms. The Morgan fingerprint density at radius 1 is 0.981 bits per heavy atom. The summed E-state index contributed by atoms with van der Waals surface area (Å²) >= 11 is 0. The van der Waals surface area contributed by atoms with Crippen molar-refractivity contribution in [2.45, 2.75) is 68.7 Å². The molecule has 5 N–H and O–H groups in total. The molecule has 3 aromatic rings. The zero-order chi connectivity index (χ0) is 37.8. The number of carbonyl (C=O) groups is 4. The maximum atomic E-state index is 14.0. The number of hydrogen-bond donors (Lipinski definition) is 5. The van der Waals surface area contributed by atoms with Gasteiger partial charge in [0.2, 0.25) is 12.1 Å². The van der Waals surface area contributed by atoms with Crippen LogP contribution in [0.2, 0.25) is 0 Å². The molecule has 3 aromatic carbocycles. The number of aliphatic hydroxyl groups is 3. The van der Waals surface area contributed by atoms with Gasteiger partial charge in [0.1, 0.15) is 29.5 Å². The van der Waals surface area contributed by atoms with Crippen LogP contribution in [0.5, 0.6) is 17.2 Å². The van der Waals surface area contributed by atoms with Gasteiger partial charge in [-0.1, -0.05) is 30.3 Å². The molecule has 280 valence electrons. The monoisotopic (exact) mass is 733 g/mol. The lowest BCUT2D eigenvalue weighted by Crippen LogP contribution is -2.59. The van der Waals surface area contributed by atoms with E-state index >= 15 is 0 Å². The van der Waals surface area contributed by atoms with Crippen LogP contribution in [-0.4, -0.2) is 124 Å². The average molecular weight is 734 g/mol. The fourth-order valence-electron chi connectivity index (χ4n) is 7.83. The van der Waals surface area contributed by atoms with Crippen molar-refractivity contribution in [3.05, 3.63) is 87.5 Å². The van der Waals surface area contributed by atoms with Crippen molar-refractivity contribution in [1.29, 1.82) is 0 Å². The fraction of sp³-hybridized carbons (Fsp3) is 0.421. The van der Waals surface area contributed by atoms with Gasteiger partial charge in [-0.05, 0) is 25.1 Å². The van der Waals surface area contributed by atoms with Gasteiger partial charge >= 0.3 is 5.97 Å². The van der Waals surface area contributed by atoms with Crippen LogP contribution < -0.4 is 4.74 Å². The van der Waals surface area contributed by atoms with Crippen LogP contribution in [0, 0.1) is 0 Å². The molecule has 0 radical (unpaired) electrons. The van der Waals surface area contributed by atoms with Gasteiger partial charge in [0.25, 0.3) is 0 Å². The van der Waals surface area contributed by atoms with Gasteiger partial charge in [0.15, 0.2) is 17.9 Å². The lowest BCUT2D eigenvalue weighted by Gasteiger charge is -2.47. The number of esters is 1. The number of aromatic hydroxyl groups is 2. The summed E-state index contributed by atoms with van der Waals surface area (Å²) in [5.74, 6) is -4.50. The number of ketones is 3. The first-order chi connectivity index (χ1) is 25.4. The summed E-state index contributed by atoms with van der Waals surface area (Å²) in [7, 11) is 1.32. The van der Waals surface area contributed by atoms with E-state index in [9.17, 15) is 44.7 Å². The molecule has 1 unspecified atom stereocenters.